The van der Waals surface area contributed by atoms with Gasteiger partial charge in [-0.05, 0) is 31.9 Å². The van der Waals surface area contributed by atoms with Gasteiger partial charge in [0.05, 0.1) is 0 Å². The average Bonchev–Trinajstić information content (AvgIpc) is 2.36. The van der Waals surface area contributed by atoms with Crippen molar-refractivity contribution in [1.82, 2.24) is 4.90 Å². The molecule has 1 amide bonds. The molecular formula is C15H20ClNO. The largest absolute Gasteiger partial charge is 0.339 e. The fourth-order valence-electron chi connectivity index (χ4n) is 2.99. The number of likely N-dealkylation sites (N-methyl/N-ethyl adjacent to an activating group) is 1. The monoisotopic (exact) mass is 265 g/mol. The Hall–Kier alpha value is -1.02. The van der Waals surface area contributed by atoms with Crippen molar-refractivity contribution in [1.29, 1.82) is 0 Å². The Morgan fingerprint density at radius 2 is 2.00 bits per heavy atom. The first-order chi connectivity index (χ1) is 8.56. The van der Waals surface area contributed by atoms with Gasteiger partial charge < -0.3 is 4.90 Å². The summed E-state index contributed by atoms with van der Waals surface area (Å²) < 4.78 is 0. The van der Waals surface area contributed by atoms with Gasteiger partial charge in [0.2, 0.25) is 5.91 Å². The van der Waals surface area contributed by atoms with Gasteiger partial charge in [0.25, 0.3) is 0 Å². The molecule has 3 atom stereocenters. The Bertz CT molecular complexity index is 446. The zero-order chi connectivity index (χ0) is 13.3. The van der Waals surface area contributed by atoms with Gasteiger partial charge in [-0.3, -0.25) is 4.79 Å². The fourth-order valence-corrected chi connectivity index (χ4v) is 3.26. The highest BCUT2D eigenvalue weighted by Crippen LogP contribution is 2.38. The van der Waals surface area contributed by atoms with E-state index in [4.69, 9.17) is 11.6 Å². The average molecular weight is 266 g/mol. The SMILES string of the molecule is CCN1C(=O)[C@@H](C)C[C@@H](c2ccccc2Cl)[C@H]1C. The number of amides is 1. The summed E-state index contributed by atoms with van der Waals surface area (Å²) in [5, 5.41) is 0.812. The van der Waals surface area contributed by atoms with Crippen LogP contribution in [0, 0.1) is 5.92 Å². The molecule has 2 nitrogen and oxygen atoms in total. The van der Waals surface area contributed by atoms with E-state index in [1.165, 1.54) is 5.56 Å². The molecule has 0 aromatic heterocycles. The van der Waals surface area contributed by atoms with Crippen molar-refractivity contribution in [2.75, 3.05) is 6.54 Å². The van der Waals surface area contributed by atoms with E-state index in [2.05, 4.69) is 13.0 Å². The Morgan fingerprint density at radius 1 is 1.33 bits per heavy atom. The molecule has 1 heterocycles. The molecule has 0 radical (unpaired) electrons. The molecule has 0 spiro atoms. The Labute approximate surface area is 114 Å². The smallest absolute Gasteiger partial charge is 0.225 e. The van der Waals surface area contributed by atoms with Crippen LogP contribution < -0.4 is 0 Å². The highest BCUT2D eigenvalue weighted by molar-refractivity contribution is 6.31. The highest BCUT2D eigenvalue weighted by atomic mass is 35.5. The summed E-state index contributed by atoms with van der Waals surface area (Å²) in [5.74, 6) is 0.696. The van der Waals surface area contributed by atoms with Crippen molar-refractivity contribution in [2.24, 2.45) is 5.92 Å². The zero-order valence-electron chi connectivity index (χ0n) is 11.2. The summed E-state index contributed by atoms with van der Waals surface area (Å²) in [7, 11) is 0. The minimum Gasteiger partial charge on any atom is -0.339 e. The van der Waals surface area contributed by atoms with Crippen LogP contribution in [0.3, 0.4) is 0 Å². The second-order valence-corrected chi connectivity index (χ2v) is 5.54. The minimum absolute atomic E-state index is 0.0856. The first kappa shape index (κ1) is 13.4. The van der Waals surface area contributed by atoms with E-state index in [0.29, 0.717) is 5.92 Å². The molecule has 1 aliphatic heterocycles. The van der Waals surface area contributed by atoms with E-state index in [1.54, 1.807) is 0 Å². The van der Waals surface area contributed by atoms with Crippen molar-refractivity contribution in [3.8, 4) is 0 Å². The van der Waals surface area contributed by atoms with Gasteiger partial charge >= 0.3 is 0 Å². The second kappa shape index (κ2) is 5.31. The van der Waals surface area contributed by atoms with Crippen LogP contribution in [0.1, 0.15) is 38.7 Å². The summed E-state index contributed by atoms with van der Waals surface area (Å²) in [6.07, 6.45) is 0.889. The number of carbonyl (C=O) groups excluding carboxylic acids is 1. The van der Waals surface area contributed by atoms with Gasteiger partial charge in [-0.25, -0.2) is 0 Å². The van der Waals surface area contributed by atoms with E-state index in [9.17, 15) is 4.79 Å². The molecule has 1 aromatic rings. The van der Waals surface area contributed by atoms with Crippen LogP contribution in [0.2, 0.25) is 5.02 Å². The van der Waals surface area contributed by atoms with Crippen molar-refractivity contribution in [3.63, 3.8) is 0 Å². The molecule has 3 heteroatoms. The molecule has 1 aliphatic rings. The number of carbonyl (C=O) groups is 1. The van der Waals surface area contributed by atoms with Gasteiger partial charge in [-0.2, -0.15) is 0 Å². The van der Waals surface area contributed by atoms with Crippen LogP contribution in [0.25, 0.3) is 0 Å². The predicted octanol–water partition coefficient (Wildman–Crippen LogP) is 3.70. The third-order valence-electron chi connectivity index (χ3n) is 4.03. The summed E-state index contributed by atoms with van der Waals surface area (Å²) in [4.78, 5) is 14.1. The van der Waals surface area contributed by atoms with E-state index in [-0.39, 0.29) is 17.9 Å². The number of hydrogen-bond donors (Lipinski definition) is 0. The second-order valence-electron chi connectivity index (χ2n) is 5.13. The van der Waals surface area contributed by atoms with Crippen LogP contribution >= 0.6 is 11.6 Å². The summed E-state index contributed by atoms with van der Waals surface area (Å²) in [6, 6.07) is 8.20. The molecule has 98 valence electrons. The standard InChI is InChI=1S/C15H20ClNO/c1-4-17-11(3)13(9-10(2)15(17)18)12-7-5-6-8-14(12)16/h5-8,10-11,13H,4,9H2,1-3H3/t10-,11+,13+/m0/s1. The fraction of sp³-hybridized carbons (Fsp3) is 0.533. The van der Waals surface area contributed by atoms with Crippen LogP contribution in [0.15, 0.2) is 24.3 Å². The van der Waals surface area contributed by atoms with Crippen LogP contribution in [0.5, 0.6) is 0 Å². The van der Waals surface area contributed by atoms with Crippen molar-refractivity contribution < 1.29 is 4.79 Å². The van der Waals surface area contributed by atoms with Gasteiger partial charge in [-0.1, -0.05) is 36.7 Å². The van der Waals surface area contributed by atoms with Crippen molar-refractivity contribution >= 4 is 17.5 Å². The highest BCUT2D eigenvalue weighted by Gasteiger charge is 2.37. The summed E-state index contributed by atoms with van der Waals surface area (Å²) in [5.41, 5.74) is 1.17. The number of likely N-dealkylation sites (tertiary alicyclic amines) is 1. The molecule has 0 N–H and O–H groups in total. The molecule has 0 saturated carbocycles. The molecule has 18 heavy (non-hydrogen) atoms. The quantitative estimate of drug-likeness (QED) is 0.798. The maximum absolute atomic E-state index is 12.1. The molecule has 2 rings (SSSR count). The van der Waals surface area contributed by atoms with Gasteiger partial charge in [-0.15, -0.1) is 0 Å². The van der Waals surface area contributed by atoms with E-state index >= 15 is 0 Å². The zero-order valence-corrected chi connectivity index (χ0v) is 11.9. The topological polar surface area (TPSA) is 20.3 Å². The maximum atomic E-state index is 12.1. The van der Waals surface area contributed by atoms with Crippen LogP contribution in [-0.2, 0) is 4.79 Å². The van der Waals surface area contributed by atoms with Crippen LogP contribution in [-0.4, -0.2) is 23.4 Å². The van der Waals surface area contributed by atoms with E-state index in [0.717, 1.165) is 18.0 Å². The van der Waals surface area contributed by atoms with Gasteiger partial charge in [0.1, 0.15) is 0 Å². The molecule has 1 aromatic carbocycles. The third-order valence-corrected chi connectivity index (χ3v) is 4.38. The lowest BCUT2D eigenvalue weighted by molar-refractivity contribution is -0.141. The lowest BCUT2D eigenvalue weighted by Crippen LogP contribution is -2.49. The number of nitrogens with zero attached hydrogens (tertiary/aromatic N) is 1. The normalized spacial score (nSPS) is 28.6. The molecule has 1 saturated heterocycles. The summed E-state index contributed by atoms with van der Waals surface area (Å²) in [6.45, 7) is 6.95. The first-order valence-corrected chi connectivity index (χ1v) is 6.99. The summed E-state index contributed by atoms with van der Waals surface area (Å²) >= 11 is 6.29. The lowest BCUT2D eigenvalue weighted by Gasteiger charge is -2.42. The molecule has 0 unspecified atom stereocenters. The Morgan fingerprint density at radius 3 is 2.61 bits per heavy atom. The van der Waals surface area contributed by atoms with E-state index in [1.807, 2.05) is 36.9 Å². The molecule has 1 fully saturated rings. The Kier molecular flexibility index (Phi) is 3.96. The van der Waals surface area contributed by atoms with Crippen LogP contribution in [0.4, 0.5) is 0 Å². The van der Waals surface area contributed by atoms with Crippen molar-refractivity contribution in [3.05, 3.63) is 34.9 Å². The number of rotatable bonds is 2. The number of halogens is 1. The van der Waals surface area contributed by atoms with E-state index < -0.39 is 0 Å². The molecule has 0 bridgehead atoms. The maximum Gasteiger partial charge on any atom is 0.225 e. The molecule has 0 aliphatic carbocycles. The Balaban J connectivity index is 2.34. The van der Waals surface area contributed by atoms with Gasteiger partial charge in [0, 0.05) is 29.4 Å². The number of benzene rings is 1. The minimum atomic E-state index is 0.0856. The number of piperidine rings is 1. The predicted molar refractivity (Wildman–Crippen MR) is 74.8 cm³/mol. The van der Waals surface area contributed by atoms with Crippen molar-refractivity contribution in [2.45, 2.75) is 39.2 Å². The van der Waals surface area contributed by atoms with Gasteiger partial charge in [0.15, 0.2) is 0 Å². The molecular weight excluding hydrogens is 246 g/mol. The number of hydrogen-bond acceptors (Lipinski definition) is 1. The third kappa shape index (κ3) is 2.26. The lowest BCUT2D eigenvalue weighted by atomic mass is 9.79. The first-order valence-electron chi connectivity index (χ1n) is 6.61.